The van der Waals surface area contributed by atoms with Gasteiger partial charge in [0.2, 0.25) is 0 Å². The van der Waals surface area contributed by atoms with Gasteiger partial charge in [-0.05, 0) is 47.3 Å². The zero-order chi connectivity index (χ0) is 34.5. The van der Waals surface area contributed by atoms with Gasteiger partial charge in [0.1, 0.15) is 11.2 Å². The molecule has 10 rings (SSSR count). The molecule has 0 unspecified atom stereocenters. The van der Waals surface area contributed by atoms with E-state index in [1.54, 1.807) is 0 Å². The van der Waals surface area contributed by atoms with E-state index in [4.69, 9.17) is 13.8 Å². The van der Waals surface area contributed by atoms with Crippen LogP contribution in [0.2, 0.25) is 19.6 Å². The summed E-state index contributed by atoms with van der Waals surface area (Å²) >= 11 is 0. The summed E-state index contributed by atoms with van der Waals surface area (Å²) in [6.07, 6.45) is 2.01. The normalized spacial score (nSPS) is 11.6. The third-order valence-corrected chi connectivity index (χ3v) is 11.4. The first-order valence-electron chi connectivity index (χ1n) is 17.1. The largest absolute Gasteiger partial charge is 0.501 e. The van der Waals surface area contributed by atoms with Crippen LogP contribution in [0.25, 0.3) is 83.2 Å². The monoisotopic (exact) mass is 868 g/mol. The van der Waals surface area contributed by atoms with Gasteiger partial charge in [-0.25, -0.2) is 0 Å². The van der Waals surface area contributed by atoms with Gasteiger partial charge in [-0.1, -0.05) is 120 Å². The van der Waals surface area contributed by atoms with Gasteiger partial charge in [0, 0.05) is 42.8 Å². The molecule has 0 aliphatic rings. The van der Waals surface area contributed by atoms with Gasteiger partial charge in [-0.15, -0.1) is 36.4 Å². The van der Waals surface area contributed by atoms with Gasteiger partial charge in [0.05, 0.1) is 36.1 Å². The number of aromatic nitrogens is 3. The predicted molar refractivity (Wildman–Crippen MR) is 211 cm³/mol. The van der Waals surface area contributed by atoms with Crippen molar-refractivity contribution in [3.05, 3.63) is 158 Å². The molecule has 0 atom stereocenters. The van der Waals surface area contributed by atoms with Crippen LogP contribution in [0.4, 0.5) is 0 Å². The summed E-state index contributed by atoms with van der Waals surface area (Å²) in [5.74, 6) is 0.831. The van der Waals surface area contributed by atoms with Crippen molar-refractivity contribution in [3.8, 4) is 28.3 Å². The maximum Gasteiger partial charge on any atom is 0.120 e. The first-order valence-corrected chi connectivity index (χ1v) is 20.6. The van der Waals surface area contributed by atoms with Gasteiger partial charge in [0.25, 0.3) is 0 Å². The fraction of sp³-hybridized carbons (Fsp3) is 0.0667. The molecule has 6 aromatic carbocycles. The van der Waals surface area contributed by atoms with Crippen LogP contribution in [0.1, 0.15) is 0 Å². The molecule has 0 N–H and O–H groups in total. The van der Waals surface area contributed by atoms with Crippen LogP contribution in [-0.2, 0) is 20.1 Å². The number of fused-ring (bicyclic) bond motifs is 7. The van der Waals surface area contributed by atoms with Gasteiger partial charge in [-0.3, -0.25) is 4.98 Å². The Hall–Kier alpha value is -5.59. The van der Waals surface area contributed by atoms with Crippen molar-refractivity contribution in [1.82, 2.24) is 14.5 Å². The standard InChI is InChI=1S/C25H15N2O.C20H18NOSi.Ir/c1-2-9-17(10-3-1)27-22-15-6-5-14-21(22)26-25(27)20-13-8-12-19-18-11-4-7-16-23(18)28-24(19)20;1-23(2,3)14-11-12-18(21-13-14)17-9-6-8-16-15-7-4-5-10-19(15)22-20(16)17;/h1-12,14-16H;4-8,10-13H,1-3H3;/q2*-1;. The first kappa shape index (κ1) is 33.5. The summed E-state index contributed by atoms with van der Waals surface area (Å²) in [7, 11) is -1.33. The Morgan fingerprint density at radius 1 is 0.577 bits per heavy atom. The van der Waals surface area contributed by atoms with E-state index < -0.39 is 8.07 Å². The summed E-state index contributed by atoms with van der Waals surface area (Å²) < 4.78 is 14.5. The molecule has 7 heteroatoms. The topological polar surface area (TPSA) is 57.0 Å². The average molecular weight is 868 g/mol. The van der Waals surface area contributed by atoms with Crippen LogP contribution in [0.15, 0.2) is 155 Å². The molecule has 0 aliphatic heterocycles. The van der Waals surface area contributed by atoms with Gasteiger partial charge >= 0.3 is 0 Å². The number of rotatable bonds is 4. The summed E-state index contributed by atoms with van der Waals surface area (Å²) in [5, 5.41) is 5.80. The SMILES string of the molecule is C[Si](C)(C)c1ccc(-c2[c-]ccc3c2oc2ccccc23)nc1.[Ir].[c-]1ccc2c(oc3ccccc32)c1-c1nc2ccccc2n1-c1ccccc1. The van der Waals surface area contributed by atoms with Gasteiger partial charge in [-0.2, -0.15) is 0 Å². The van der Waals surface area contributed by atoms with Crippen LogP contribution in [0, 0.1) is 12.1 Å². The quantitative estimate of drug-likeness (QED) is 0.131. The van der Waals surface area contributed by atoms with Crippen molar-refractivity contribution in [2.45, 2.75) is 19.6 Å². The Morgan fingerprint density at radius 3 is 1.79 bits per heavy atom. The molecule has 5 nitrogen and oxygen atoms in total. The number of hydrogen-bond acceptors (Lipinski definition) is 4. The van der Waals surface area contributed by atoms with Crippen LogP contribution in [-0.4, -0.2) is 22.6 Å². The van der Waals surface area contributed by atoms with Crippen molar-refractivity contribution in [1.29, 1.82) is 0 Å². The molecule has 10 aromatic rings. The molecule has 0 bridgehead atoms. The Bertz CT molecular complexity index is 2850. The molecule has 0 fully saturated rings. The number of pyridine rings is 1. The maximum atomic E-state index is 6.24. The minimum Gasteiger partial charge on any atom is -0.501 e. The average Bonchev–Trinajstić information content (AvgIpc) is 3.87. The molecule has 0 aliphatic carbocycles. The molecule has 0 spiro atoms. The van der Waals surface area contributed by atoms with E-state index in [1.807, 2.05) is 91.1 Å². The molecule has 0 saturated heterocycles. The van der Waals surface area contributed by atoms with Crippen molar-refractivity contribution in [2.75, 3.05) is 0 Å². The summed E-state index contributed by atoms with van der Waals surface area (Å²) in [4.78, 5) is 9.63. The Kier molecular flexibility index (Phi) is 8.72. The van der Waals surface area contributed by atoms with E-state index in [2.05, 4.69) is 95.9 Å². The number of nitrogens with zero attached hydrogens (tertiary/aromatic N) is 3. The van der Waals surface area contributed by atoms with Gasteiger partial charge < -0.3 is 18.4 Å². The maximum absolute atomic E-state index is 6.24. The summed E-state index contributed by atoms with van der Waals surface area (Å²) in [5.41, 5.74) is 9.24. The van der Waals surface area contributed by atoms with Crippen molar-refractivity contribution in [2.24, 2.45) is 0 Å². The minimum absolute atomic E-state index is 0. The first-order chi connectivity index (χ1) is 24.9. The molecular weight excluding hydrogens is 835 g/mol. The number of hydrogen-bond donors (Lipinski definition) is 0. The van der Waals surface area contributed by atoms with E-state index in [-0.39, 0.29) is 20.1 Å². The molecule has 4 aromatic heterocycles. The fourth-order valence-corrected chi connectivity index (χ4v) is 7.79. The molecule has 4 heterocycles. The second-order valence-corrected chi connectivity index (χ2v) is 18.7. The third-order valence-electron chi connectivity index (χ3n) is 9.36. The Morgan fingerprint density at radius 2 is 1.15 bits per heavy atom. The van der Waals surface area contributed by atoms with E-state index in [1.165, 1.54) is 5.19 Å². The van der Waals surface area contributed by atoms with Crippen molar-refractivity contribution in [3.63, 3.8) is 0 Å². The van der Waals surface area contributed by atoms with E-state index >= 15 is 0 Å². The molecular formula is C45H33IrN3O2Si-2. The molecule has 0 amide bonds. The molecule has 52 heavy (non-hydrogen) atoms. The fourth-order valence-electron chi connectivity index (χ4n) is 6.75. The van der Waals surface area contributed by atoms with Crippen LogP contribution in [0.3, 0.4) is 0 Å². The van der Waals surface area contributed by atoms with Gasteiger partial charge in [0.15, 0.2) is 0 Å². The Labute approximate surface area is 315 Å². The number of imidazole rings is 1. The van der Waals surface area contributed by atoms with Crippen LogP contribution >= 0.6 is 0 Å². The van der Waals surface area contributed by atoms with Crippen molar-refractivity contribution >= 4 is 68.2 Å². The smallest absolute Gasteiger partial charge is 0.120 e. The van der Waals surface area contributed by atoms with Crippen LogP contribution in [0.5, 0.6) is 0 Å². The zero-order valence-corrected chi connectivity index (χ0v) is 32.2. The minimum atomic E-state index is -1.33. The van der Waals surface area contributed by atoms with E-state index in [0.29, 0.717) is 0 Å². The molecule has 0 saturated carbocycles. The zero-order valence-electron chi connectivity index (χ0n) is 28.8. The second-order valence-electron chi connectivity index (χ2n) is 13.7. The number of para-hydroxylation sites is 5. The van der Waals surface area contributed by atoms with E-state index in [0.717, 1.165) is 83.2 Å². The predicted octanol–water partition coefficient (Wildman–Crippen LogP) is 11.4. The molecule has 1 radical (unpaired) electrons. The number of benzene rings is 6. The van der Waals surface area contributed by atoms with Crippen molar-refractivity contribution < 1.29 is 28.9 Å². The third kappa shape index (κ3) is 5.87. The second kappa shape index (κ2) is 13.5. The number of furan rings is 2. The Balaban J connectivity index is 0.000000149. The molecule has 255 valence electrons. The summed E-state index contributed by atoms with van der Waals surface area (Å²) in [6.45, 7) is 6.99. The summed E-state index contributed by atoms with van der Waals surface area (Å²) in [6, 6.07) is 53.7. The van der Waals surface area contributed by atoms with E-state index in [9.17, 15) is 0 Å². The van der Waals surface area contributed by atoms with Crippen LogP contribution < -0.4 is 5.19 Å².